The van der Waals surface area contributed by atoms with Crippen LogP contribution in [-0.4, -0.2) is 145 Å². The molecule has 2 atom stereocenters. The van der Waals surface area contributed by atoms with Crippen molar-refractivity contribution >= 4 is 52.0 Å². The number of fused-ring (bicyclic) bond motifs is 2. The van der Waals surface area contributed by atoms with Gasteiger partial charge in [0.25, 0.3) is 11.8 Å². The first kappa shape index (κ1) is 49.3. The van der Waals surface area contributed by atoms with Crippen LogP contribution >= 0.6 is 11.6 Å². The van der Waals surface area contributed by atoms with Crippen molar-refractivity contribution in [2.45, 2.75) is 71.5 Å². The number of amides is 4. The van der Waals surface area contributed by atoms with Crippen LogP contribution in [0.1, 0.15) is 69.7 Å². The monoisotopic (exact) mass is 964 g/mol. The first-order valence-electron chi connectivity index (χ1n) is 23.6. The highest BCUT2D eigenvalue weighted by Crippen LogP contribution is 2.33. The molecule has 4 amide bonds. The smallest absolute Gasteiger partial charge is 0.262 e. The number of hydrogen-bond acceptors (Lipinski definition) is 13. The van der Waals surface area contributed by atoms with E-state index < -0.39 is 23.8 Å². The third kappa shape index (κ3) is 11.5. The molecule has 18 heteroatoms. The van der Waals surface area contributed by atoms with Gasteiger partial charge in [-0.25, -0.2) is 4.98 Å². The fourth-order valence-corrected chi connectivity index (χ4v) is 9.61. The lowest BCUT2D eigenvalue weighted by atomic mass is 10.0. The number of aromatic nitrogens is 3. The minimum Gasteiger partial charge on any atom is -0.495 e. The molecule has 0 radical (unpaired) electrons. The number of aryl methyl sites for hydroxylation is 4. The van der Waals surface area contributed by atoms with E-state index >= 15 is 0 Å². The van der Waals surface area contributed by atoms with Gasteiger partial charge in [0.1, 0.15) is 23.4 Å². The van der Waals surface area contributed by atoms with Crippen LogP contribution in [0, 0.1) is 13.8 Å². The van der Waals surface area contributed by atoms with Crippen molar-refractivity contribution < 1.29 is 42.6 Å². The number of piperazine rings is 1. The summed E-state index contributed by atoms with van der Waals surface area (Å²) in [6, 6.07) is 16.6. The van der Waals surface area contributed by atoms with Gasteiger partial charge in [0.15, 0.2) is 0 Å². The molecule has 2 saturated heterocycles. The second-order valence-corrected chi connectivity index (χ2v) is 18.1. The van der Waals surface area contributed by atoms with E-state index in [1.54, 1.807) is 25.3 Å². The number of imidazole rings is 1. The number of benzene rings is 3. The van der Waals surface area contributed by atoms with Crippen LogP contribution in [0.2, 0.25) is 5.02 Å². The molecule has 2 aromatic heterocycles. The normalized spacial score (nSPS) is 16.9. The summed E-state index contributed by atoms with van der Waals surface area (Å²) in [5.74, 6) is 1.19. The number of nitrogens with one attached hydrogen (secondary N) is 2. The molecule has 0 saturated carbocycles. The molecule has 3 aliphatic heterocycles. The third-order valence-corrected chi connectivity index (χ3v) is 13.4. The molecule has 0 bridgehead atoms. The molecule has 366 valence electrons. The number of allylic oxidation sites excluding steroid dienone is 1. The third-order valence-electron chi connectivity index (χ3n) is 13.1. The zero-order chi connectivity index (χ0) is 48.6. The van der Waals surface area contributed by atoms with E-state index in [-0.39, 0.29) is 23.1 Å². The number of halogens is 1. The van der Waals surface area contributed by atoms with E-state index in [0.29, 0.717) is 101 Å². The molecule has 69 heavy (non-hydrogen) atoms. The lowest BCUT2D eigenvalue weighted by Crippen LogP contribution is -2.52. The highest BCUT2D eigenvalue weighted by atomic mass is 35.5. The topological polar surface area (TPSA) is 183 Å². The van der Waals surface area contributed by atoms with Crippen molar-refractivity contribution in [2.24, 2.45) is 0 Å². The molecule has 8 rings (SSSR count). The summed E-state index contributed by atoms with van der Waals surface area (Å²) < 4.78 is 30.2. The number of rotatable bonds is 22. The summed E-state index contributed by atoms with van der Waals surface area (Å²) in [7, 11) is 1.62. The largest absolute Gasteiger partial charge is 0.495 e. The van der Waals surface area contributed by atoms with E-state index in [4.69, 9.17) is 40.1 Å². The second kappa shape index (κ2) is 22.5. The summed E-state index contributed by atoms with van der Waals surface area (Å²) in [6.45, 7) is 16.2. The number of piperidine rings is 1. The van der Waals surface area contributed by atoms with Crippen LogP contribution in [-0.2, 0) is 43.2 Å². The molecular formula is C51H61ClN8O9. The van der Waals surface area contributed by atoms with Gasteiger partial charge in [-0.2, -0.15) is 0 Å². The molecule has 3 aromatic carbocycles. The maximum Gasteiger partial charge on any atom is 0.262 e. The lowest BCUT2D eigenvalue weighted by molar-refractivity contribution is -0.134. The Bertz CT molecular complexity index is 2670. The van der Waals surface area contributed by atoms with Crippen LogP contribution in [0.3, 0.4) is 0 Å². The van der Waals surface area contributed by atoms with Crippen molar-refractivity contribution in [3.63, 3.8) is 0 Å². The van der Waals surface area contributed by atoms with Crippen molar-refractivity contribution in [1.82, 2.24) is 34.7 Å². The number of hydrogen-bond donors (Lipinski definition) is 2. The van der Waals surface area contributed by atoms with Gasteiger partial charge in [0, 0.05) is 68.7 Å². The van der Waals surface area contributed by atoms with Crippen LogP contribution in [0.4, 0.5) is 5.69 Å². The molecule has 5 heterocycles. The van der Waals surface area contributed by atoms with Crippen molar-refractivity contribution in [1.29, 1.82) is 0 Å². The average molecular weight is 966 g/mol. The van der Waals surface area contributed by atoms with Crippen molar-refractivity contribution in [2.75, 3.05) is 84.8 Å². The highest BCUT2D eigenvalue weighted by Gasteiger charge is 2.44. The van der Waals surface area contributed by atoms with Crippen LogP contribution in [0.5, 0.6) is 5.75 Å². The first-order chi connectivity index (χ1) is 33.4. The van der Waals surface area contributed by atoms with E-state index in [0.717, 1.165) is 82.4 Å². The molecule has 2 fully saturated rings. The number of methoxy groups -OCH3 is 1. The van der Waals surface area contributed by atoms with Gasteiger partial charge in [-0.15, -0.1) is 0 Å². The zero-order valence-electron chi connectivity index (χ0n) is 39.8. The zero-order valence-corrected chi connectivity index (χ0v) is 40.6. The number of carbonyl (C=O) groups excluding carboxylic acids is 4. The Morgan fingerprint density at radius 3 is 2.36 bits per heavy atom. The highest BCUT2D eigenvalue weighted by molar-refractivity contribution is 6.32. The number of imide groups is 1. The Hall–Kier alpha value is -6.11. The van der Waals surface area contributed by atoms with Crippen LogP contribution < -0.4 is 15.4 Å². The Morgan fingerprint density at radius 2 is 1.65 bits per heavy atom. The number of ether oxygens (including phenoxy) is 4. The maximum atomic E-state index is 13.1. The van der Waals surface area contributed by atoms with E-state index in [2.05, 4.69) is 57.0 Å². The summed E-state index contributed by atoms with van der Waals surface area (Å²) in [5.41, 5.74) is 7.78. The van der Waals surface area contributed by atoms with Gasteiger partial charge in [-0.1, -0.05) is 35.5 Å². The first-order valence-corrected chi connectivity index (χ1v) is 24.0. The average Bonchev–Trinajstić information content (AvgIpc) is 3.95. The molecule has 5 aromatic rings. The Kier molecular flexibility index (Phi) is 16.1. The van der Waals surface area contributed by atoms with Gasteiger partial charge in [0.05, 0.1) is 86.0 Å². The molecule has 3 aliphatic rings. The quantitative estimate of drug-likeness (QED) is 0.0589. The molecule has 1 unspecified atom stereocenters. The maximum absolute atomic E-state index is 13.1. The molecule has 0 aliphatic carbocycles. The van der Waals surface area contributed by atoms with Crippen molar-refractivity contribution in [3.05, 3.63) is 106 Å². The molecule has 0 spiro atoms. The van der Waals surface area contributed by atoms with Crippen molar-refractivity contribution in [3.8, 4) is 16.9 Å². The second-order valence-electron chi connectivity index (χ2n) is 17.7. The Balaban J connectivity index is 0.714. The summed E-state index contributed by atoms with van der Waals surface area (Å²) in [4.78, 5) is 62.3. The SMILES string of the molecule is C=C1CCC(N2C(=O)c3ccc(NCCOCCOCCOCCC(=O)N4CCN([C@@H](C)Cn5c(CCc6ccc(OC)c(Cl)c6)nc6cc(-c7c(C)noc7C)ccc65)CC4)cc3C2=O)C(=O)N1. The minimum absolute atomic E-state index is 0.0863. The fourth-order valence-electron chi connectivity index (χ4n) is 9.33. The predicted octanol–water partition coefficient (Wildman–Crippen LogP) is 6.23. The summed E-state index contributed by atoms with van der Waals surface area (Å²) in [5, 5.41) is 10.6. The number of anilines is 1. The summed E-state index contributed by atoms with van der Waals surface area (Å²) >= 11 is 6.47. The lowest BCUT2D eigenvalue weighted by Gasteiger charge is -2.38. The van der Waals surface area contributed by atoms with Gasteiger partial charge >= 0.3 is 0 Å². The minimum atomic E-state index is -0.848. The number of carbonyl (C=O) groups is 4. The Morgan fingerprint density at radius 1 is 0.913 bits per heavy atom. The van der Waals surface area contributed by atoms with Gasteiger partial charge in [-0.3, -0.25) is 29.0 Å². The molecule has 2 N–H and O–H groups in total. The molecular weight excluding hydrogens is 904 g/mol. The standard InChI is InChI=1S/C51H61ClN8O9/c1-32-6-12-44(49(62)54-32)60-50(63)39-11-10-38(30-40(39)51(60)64)53-17-23-67-25-27-68-26-24-66-22-16-47(61)58-20-18-57(19-21-58)33(2)31-59-43-13-9-37(48-34(3)56-69-35(48)4)29-42(43)55-46(59)15-8-36-7-14-45(65-5)41(52)28-36/h7,9-11,13-14,28-30,33,44,53H,1,6,8,12,15-27,31H2,2-5H3,(H,54,62)/t33-,44?/m0/s1. The van der Waals surface area contributed by atoms with E-state index in [9.17, 15) is 19.2 Å². The van der Waals surface area contributed by atoms with Crippen LogP contribution in [0.15, 0.2) is 71.4 Å². The molecule has 17 nitrogen and oxygen atoms in total. The van der Waals surface area contributed by atoms with Crippen LogP contribution in [0.25, 0.3) is 22.2 Å². The van der Waals surface area contributed by atoms with Gasteiger partial charge < -0.3 is 43.6 Å². The van der Waals surface area contributed by atoms with Gasteiger partial charge in [0.2, 0.25) is 11.8 Å². The van der Waals surface area contributed by atoms with E-state index in [1.165, 1.54) is 0 Å². The fraction of sp³-hybridized carbons (Fsp3) is 0.451. The Labute approximate surface area is 407 Å². The number of nitrogens with zero attached hydrogens (tertiary/aromatic N) is 6. The predicted molar refractivity (Wildman–Crippen MR) is 261 cm³/mol. The van der Waals surface area contributed by atoms with E-state index in [1.807, 2.05) is 36.9 Å². The summed E-state index contributed by atoms with van der Waals surface area (Å²) in [6.07, 6.45) is 2.67. The van der Waals surface area contributed by atoms with Gasteiger partial charge in [-0.05, 0) is 93.6 Å².